The molecule has 0 saturated carbocycles. The Morgan fingerprint density at radius 2 is 0.609 bits per heavy atom. The maximum Gasteiger partial charge on any atom is 0.303 e. The van der Waals surface area contributed by atoms with Gasteiger partial charge in [-0.3, -0.25) is 9.59 Å². The molecule has 46 heavy (non-hydrogen) atoms. The first-order valence-electron chi connectivity index (χ1n) is 19.6. The highest BCUT2D eigenvalue weighted by Crippen LogP contribution is 2.12. The molecule has 0 aliphatic carbocycles. The lowest BCUT2D eigenvalue weighted by molar-refractivity contribution is -0.138. The van der Waals surface area contributed by atoms with E-state index in [-0.39, 0.29) is 6.42 Å². The van der Waals surface area contributed by atoms with Crippen molar-refractivity contribution in [1.29, 1.82) is 0 Å². The van der Waals surface area contributed by atoms with Gasteiger partial charge in [-0.05, 0) is 70.6 Å². The first-order valence-corrected chi connectivity index (χ1v) is 19.6. The second-order valence-electron chi connectivity index (χ2n) is 12.9. The van der Waals surface area contributed by atoms with Crippen LogP contribution in [0.15, 0.2) is 48.6 Å². The van der Waals surface area contributed by atoms with Gasteiger partial charge in [0.2, 0.25) is 0 Å². The monoisotopic (exact) mass is 645 g/mol. The summed E-state index contributed by atoms with van der Waals surface area (Å²) in [5.74, 6) is -1.36. The van der Waals surface area contributed by atoms with E-state index in [4.69, 9.17) is 10.2 Å². The molecule has 0 aromatic rings. The maximum absolute atomic E-state index is 10.4. The lowest BCUT2D eigenvalue weighted by Gasteiger charge is -2.01. The Morgan fingerprint density at radius 3 is 0.978 bits per heavy atom. The SMILES string of the molecule is CCCCCCCCC=CCC=CCC=CCCCC(=O)O.CCCCCCCCC=CCCCCCCCCCCCC(=O)O. The lowest BCUT2D eigenvalue weighted by atomic mass is 10.1. The fourth-order valence-corrected chi connectivity index (χ4v) is 5.25. The molecule has 0 fully saturated rings. The zero-order chi connectivity index (χ0) is 34.0. The number of carboxylic acid groups (broad SMARTS) is 2. The van der Waals surface area contributed by atoms with Crippen LogP contribution in [0.3, 0.4) is 0 Å². The molecule has 0 radical (unpaired) electrons. The summed E-state index contributed by atoms with van der Waals surface area (Å²) < 4.78 is 0. The molecule has 4 nitrogen and oxygen atoms in total. The molecular weight excluding hydrogens is 568 g/mol. The van der Waals surface area contributed by atoms with Crippen molar-refractivity contribution in [3.8, 4) is 0 Å². The van der Waals surface area contributed by atoms with E-state index >= 15 is 0 Å². The van der Waals surface area contributed by atoms with Crippen LogP contribution in [0.5, 0.6) is 0 Å². The normalized spacial score (nSPS) is 11.7. The van der Waals surface area contributed by atoms with Crippen LogP contribution in [0.4, 0.5) is 0 Å². The highest BCUT2D eigenvalue weighted by atomic mass is 16.4. The minimum absolute atomic E-state index is 0.267. The van der Waals surface area contributed by atoms with E-state index < -0.39 is 11.9 Å². The van der Waals surface area contributed by atoms with Crippen LogP contribution in [0.25, 0.3) is 0 Å². The molecule has 0 heterocycles. The molecule has 0 saturated heterocycles. The Morgan fingerprint density at radius 1 is 0.348 bits per heavy atom. The van der Waals surface area contributed by atoms with Crippen LogP contribution in [0.1, 0.15) is 206 Å². The number of unbranched alkanes of at least 4 members (excludes halogenated alkanes) is 22. The molecule has 0 aliphatic heterocycles. The molecule has 0 rings (SSSR count). The van der Waals surface area contributed by atoms with Crippen LogP contribution in [0.2, 0.25) is 0 Å². The van der Waals surface area contributed by atoms with Crippen LogP contribution in [-0.4, -0.2) is 22.2 Å². The van der Waals surface area contributed by atoms with Gasteiger partial charge in [0.1, 0.15) is 0 Å². The highest BCUT2D eigenvalue weighted by molar-refractivity contribution is 5.66. The van der Waals surface area contributed by atoms with Gasteiger partial charge in [-0.2, -0.15) is 0 Å². The lowest BCUT2D eigenvalue weighted by Crippen LogP contribution is -1.93. The summed E-state index contributed by atoms with van der Waals surface area (Å²) in [5, 5.41) is 17.0. The average molecular weight is 645 g/mol. The van der Waals surface area contributed by atoms with E-state index in [1.807, 2.05) is 0 Å². The Hall–Kier alpha value is -2.10. The van der Waals surface area contributed by atoms with E-state index in [9.17, 15) is 9.59 Å². The smallest absolute Gasteiger partial charge is 0.303 e. The fourth-order valence-electron chi connectivity index (χ4n) is 5.25. The topological polar surface area (TPSA) is 74.6 Å². The number of rotatable bonds is 34. The molecule has 268 valence electrons. The predicted octanol–water partition coefficient (Wildman–Crippen LogP) is 14.1. The summed E-state index contributed by atoms with van der Waals surface area (Å²) in [5.41, 5.74) is 0. The second-order valence-corrected chi connectivity index (χ2v) is 12.9. The van der Waals surface area contributed by atoms with Gasteiger partial charge in [0.25, 0.3) is 0 Å². The third kappa shape index (κ3) is 48.8. The number of allylic oxidation sites excluding steroid dienone is 8. The molecule has 0 aromatic heterocycles. The molecule has 0 spiro atoms. The van der Waals surface area contributed by atoms with E-state index in [2.05, 4.69) is 62.5 Å². The van der Waals surface area contributed by atoms with Gasteiger partial charge in [0, 0.05) is 12.8 Å². The standard InChI is InChI=1S/C22H42O2.C20H34O2/c1-2-3-4-5-6-7-8-9-10-11-12-13-14-15-16-17-18-19-20-21-22(23)24;1-2-3-4-5-6-7-8-9-10-11-12-13-14-15-16-17-18-19-20(21)22/h9-10H,2-8,11-21H2,1H3,(H,23,24);9-10,12-13,15-16H,2-8,11,14,17-19H2,1H3,(H,21,22). The van der Waals surface area contributed by atoms with Gasteiger partial charge in [-0.1, -0.05) is 172 Å². The van der Waals surface area contributed by atoms with Crippen molar-refractivity contribution in [1.82, 2.24) is 0 Å². The summed E-state index contributed by atoms with van der Waals surface area (Å²) in [6.45, 7) is 4.53. The quantitative estimate of drug-likeness (QED) is 0.0540. The van der Waals surface area contributed by atoms with Gasteiger partial charge in [-0.15, -0.1) is 0 Å². The molecule has 0 unspecified atom stereocenters. The second kappa shape index (κ2) is 42.9. The zero-order valence-electron chi connectivity index (χ0n) is 30.5. The number of hydrogen-bond donors (Lipinski definition) is 2. The minimum atomic E-state index is -0.707. The summed E-state index contributed by atoms with van der Waals surface area (Å²) >= 11 is 0. The van der Waals surface area contributed by atoms with Crippen LogP contribution in [-0.2, 0) is 9.59 Å². The third-order valence-corrected chi connectivity index (χ3v) is 8.18. The molecule has 0 atom stereocenters. The Kier molecular flexibility index (Phi) is 42.9. The van der Waals surface area contributed by atoms with Gasteiger partial charge >= 0.3 is 11.9 Å². The summed E-state index contributed by atoms with van der Waals surface area (Å²) in [6.07, 6.45) is 53.4. The average Bonchev–Trinajstić information content (AvgIpc) is 3.03. The van der Waals surface area contributed by atoms with Gasteiger partial charge in [0.15, 0.2) is 0 Å². The summed E-state index contributed by atoms with van der Waals surface area (Å²) in [7, 11) is 0. The van der Waals surface area contributed by atoms with Crippen molar-refractivity contribution in [3.63, 3.8) is 0 Å². The van der Waals surface area contributed by atoms with Crippen LogP contribution < -0.4 is 0 Å². The summed E-state index contributed by atoms with van der Waals surface area (Å²) in [4.78, 5) is 20.7. The van der Waals surface area contributed by atoms with E-state index in [0.29, 0.717) is 6.42 Å². The van der Waals surface area contributed by atoms with Crippen LogP contribution in [0, 0.1) is 0 Å². The third-order valence-electron chi connectivity index (χ3n) is 8.18. The molecule has 0 aliphatic rings. The molecule has 2 N–H and O–H groups in total. The minimum Gasteiger partial charge on any atom is -0.481 e. The molecular formula is C42H76O4. The largest absolute Gasteiger partial charge is 0.481 e. The van der Waals surface area contributed by atoms with Gasteiger partial charge < -0.3 is 10.2 Å². The molecule has 0 amide bonds. The highest BCUT2D eigenvalue weighted by Gasteiger charge is 1.97. The summed E-state index contributed by atoms with van der Waals surface area (Å²) in [6, 6.07) is 0. The molecule has 0 bridgehead atoms. The van der Waals surface area contributed by atoms with E-state index in [0.717, 1.165) is 38.5 Å². The number of hydrogen-bond acceptors (Lipinski definition) is 2. The van der Waals surface area contributed by atoms with Crippen molar-refractivity contribution < 1.29 is 19.8 Å². The van der Waals surface area contributed by atoms with Crippen molar-refractivity contribution in [3.05, 3.63) is 48.6 Å². The first-order chi connectivity index (χ1) is 22.5. The fraction of sp³-hybridized carbons (Fsp3) is 0.762. The zero-order valence-corrected chi connectivity index (χ0v) is 30.5. The number of aliphatic carboxylic acids is 2. The molecule has 4 heteroatoms. The maximum atomic E-state index is 10.4. The molecule has 0 aromatic carbocycles. The van der Waals surface area contributed by atoms with Crippen LogP contribution >= 0.6 is 0 Å². The van der Waals surface area contributed by atoms with E-state index in [1.54, 1.807) is 0 Å². The number of carboxylic acids is 2. The van der Waals surface area contributed by atoms with Crippen molar-refractivity contribution in [2.24, 2.45) is 0 Å². The Labute approximate surface area is 286 Å². The number of carbonyl (C=O) groups is 2. The predicted molar refractivity (Wildman–Crippen MR) is 202 cm³/mol. The first kappa shape index (κ1) is 46.0. The van der Waals surface area contributed by atoms with Crippen molar-refractivity contribution in [2.45, 2.75) is 206 Å². The Balaban J connectivity index is 0. The Bertz CT molecular complexity index is 734. The van der Waals surface area contributed by atoms with Crippen molar-refractivity contribution in [2.75, 3.05) is 0 Å². The van der Waals surface area contributed by atoms with Crippen molar-refractivity contribution >= 4 is 11.9 Å². The van der Waals surface area contributed by atoms with Gasteiger partial charge in [-0.25, -0.2) is 0 Å². The van der Waals surface area contributed by atoms with E-state index in [1.165, 1.54) is 141 Å². The van der Waals surface area contributed by atoms with Gasteiger partial charge in [0.05, 0.1) is 0 Å².